The van der Waals surface area contributed by atoms with Crippen LogP contribution in [0.4, 0.5) is 0 Å². The topological polar surface area (TPSA) is 77.1 Å². The average molecular weight is 237 g/mol. The van der Waals surface area contributed by atoms with Gasteiger partial charge in [0, 0.05) is 13.0 Å². The Morgan fingerprint density at radius 3 is 2.88 bits per heavy atom. The van der Waals surface area contributed by atoms with Gasteiger partial charge in [0.2, 0.25) is 0 Å². The van der Waals surface area contributed by atoms with Crippen molar-refractivity contribution in [3.63, 3.8) is 0 Å². The molecule has 1 aliphatic rings. The van der Waals surface area contributed by atoms with E-state index in [1.165, 1.54) is 4.68 Å². The highest BCUT2D eigenvalue weighted by Crippen LogP contribution is 2.10. The number of hydrogen-bond acceptors (Lipinski definition) is 3. The monoisotopic (exact) mass is 237 g/mol. The normalized spacial score (nSPS) is 15.1. The van der Waals surface area contributed by atoms with E-state index in [4.69, 9.17) is 5.11 Å². The van der Waals surface area contributed by atoms with Crippen LogP contribution in [-0.4, -0.2) is 25.4 Å². The molecule has 0 aromatic carbocycles. The molecule has 6 nitrogen and oxygen atoms in total. The number of fused-ring (bicyclic) bond motifs is 1. The van der Waals surface area contributed by atoms with Crippen LogP contribution in [0.5, 0.6) is 0 Å². The third-order valence-electron chi connectivity index (χ3n) is 2.92. The molecular formula is C11H15N3O3. The summed E-state index contributed by atoms with van der Waals surface area (Å²) >= 11 is 0. The molecule has 0 aliphatic carbocycles. The highest BCUT2D eigenvalue weighted by atomic mass is 16.4. The minimum absolute atomic E-state index is 0.0274. The van der Waals surface area contributed by atoms with Gasteiger partial charge in [-0.05, 0) is 12.8 Å². The van der Waals surface area contributed by atoms with Crippen molar-refractivity contribution in [1.82, 2.24) is 14.3 Å². The lowest BCUT2D eigenvalue weighted by molar-refractivity contribution is -0.132. The number of aliphatic carboxylic acids is 1. The number of carbonyl (C=O) groups is 1. The molecule has 0 spiro atoms. The first kappa shape index (κ1) is 11.6. The third kappa shape index (κ3) is 2.30. The molecule has 2 rings (SSSR count). The summed E-state index contributed by atoms with van der Waals surface area (Å²) in [6, 6.07) is 0. The second-order valence-corrected chi connectivity index (χ2v) is 4.23. The quantitative estimate of drug-likeness (QED) is 0.772. The highest BCUT2D eigenvalue weighted by Gasteiger charge is 2.17. The van der Waals surface area contributed by atoms with E-state index >= 15 is 0 Å². The molecule has 0 saturated heterocycles. The molecule has 0 saturated carbocycles. The van der Waals surface area contributed by atoms with Crippen LogP contribution in [-0.2, 0) is 24.3 Å². The summed E-state index contributed by atoms with van der Waals surface area (Å²) in [5.74, 6) is -0.342. The molecule has 92 valence electrons. The Morgan fingerprint density at radius 1 is 1.41 bits per heavy atom. The van der Waals surface area contributed by atoms with Crippen LogP contribution in [0.2, 0.25) is 0 Å². The number of aromatic nitrogens is 3. The molecule has 1 aromatic heterocycles. The van der Waals surface area contributed by atoms with Crippen LogP contribution in [0.3, 0.4) is 0 Å². The molecular weight excluding hydrogens is 222 g/mol. The van der Waals surface area contributed by atoms with Crippen molar-refractivity contribution in [2.24, 2.45) is 0 Å². The Hall–Kier alpha value is -1.85. The van der Waals surface area contributed by atoms with E-state index in [1.807, 2.05) is 0 Å². The molecule has 0 unspecified atom stereocenters. The standard InChI is InChI=1S/C11H15N3O3/c1-8(10(15)16)7-14-11(17)13-6-4-2-3-5-9(13)12-14/h1-7H2,(H,15,16). The largest absolute Gasteiger partial charge is 0.478 e. The number of carboxylic acids is 1. The highest BCUT2D eigenvalue weighted by molar-refractivity contribution is 5.85. The van der Waals surface area contributed by atoms with Crippen LogP contribution < -0.4 is 5.69 Å². The summed E-state index contributed by atoms with van der Waals surface area (Å²) in [7, 11) is 0. The number of carboxylic acid groups (broad SMARTS) is 1. The molecule has 0 bridgehead atoms. The smallest absolute Gasteiger partial charge is 0.346 e. The van der Waals surface area contributed by atoms with Crippen LogP contribution >= 0.6 is 0 Å². The number of aryl methyl sites for hydroxylation is 1. The molecule has 1 aliphatic heterocycles. The van der Waals surface area contributed by atoms with Gasteiger partial charge in [0.25, 0.3) is 0 Å². The Morgan fingerprint density at radius 2 is 2.18 bits per heavy atom. The van der Waals surface area contributed by atoms with Gasteiger partial charge in [0.15, 0.2) is 0 Å². The lowest BCUT2D eigenvalue weighted by atomic mass is 10.2. The summed E-state index contributed by atoms with van der Waals surface area (Å²) in [5.41, 5.74) is -0.260. The maximum absolute atomic E-state index is 12.0. The van der Waals surface area contributed by atoms with Gasteiger partial charge in [-0.15, -0.1) is 0 Å². The van der Waals surface area contributed by atoms with E-state index in [1.54, 1.807) is 4.57 Å². The van der Waals surface area contributed by atoms with E-state index in [9.17, 15) is 9.59 Å². The van der Waals surface area contributed by atoms with Gasteiger partial charge < -0.3 is 5.11 Å². The van der Waals surface area contributed by atoms with Gasteiger partial charge in [-0.1, -0.05) is 13.0 Å². The second kappa shape index (κ2) is 4.57. The van der Waals surface area contributed by atoms with Gasteiger partial charge in [-0.25, -0.2) is 14.3 Å². The molecule has 1 N–H and O–H groups in total. The Balaban J connectivity index is 2.28. The van der Waals surface area contributed by atoms with Crippen molar-refractivity contribution in [2.45, 2.75) is 38.8 Å². The van der Waals surface area contributed by atoms with Gasteiger partial charge in [0.1, 0.15) is 5.82 Å². The maximum Gasteiger partial charge on any atom is 0.346 e. The molecule has 1 aromatic rings. The number of hydrogen-bond donors (Lipinski definition) is 1. The number of nitrogens with zero attached hydrogens (tertiary/aromatic N) is 3. The lowest BCUT2D eigenvalue weighted by Gasteiger charge is -1.99. The first-order valence-corrected chi connectivity index (χ1v) is 5.67. The van der Waals surface area contributed by atoms with E-state index in [-0.39, 0.29) is 17.8 Å². The van der Waals surface area contributed by atoms with Gasteiger partial charge in [0.05, 0.1) is 12.1 Å². The van der Waals surface area contributed by atoms with Gasteiger partial charge in [-0.2, -0.15) is 5.10 Å². The number of rotatable bonds is 3. The molecule has 2 heterocycles. The van der Waals surface area contributed by atoms with Crippen LogP contribution in [0.25, 0.3) is 0 Å². The fourth-order valence-electron chi connectivity index (χ4n) is 1.98. The summed E-state index contributed by atoms with van der Waals surface area (Å²) in [6.07, 6.45) is 3.88. The predicted molar refractivity (Wildman–Crippen MR) is 60.8 cm³/mol. The summed E-state index contributed by atoms with van der Waals surface area (Å²) < 4.78 is 2.83. The molecule has 6 heteroatoms. The molecule has 0 fully saturated rings. The van der Waals surface area contributed by atoms with E-state index in [0.29, 0.717) is 6.54 Å². The van der Waals surface area contributed by atoms with Crippen molar-refractivity contribution in [3.05, 3.63) is 28.5 Å². The fraction of sp³-hybridized carbons (Fsp3) is 0.545. The van der Waals surface area contributed by atoms with Crippen molar-refractivity contribution in [3.8, 4) is 0 Å². The molecule has 0 amide bonds. The van der Waals surface area contributed by atoms with E-state index in [2.05, 4.69) is 11.7 Å². The zero-order chi connectivity index (χ0) is 12.4. The zero-order valence-corrected chi connectivity index (χ0v) is 9.56. The Labute approximate surface area is 98.2 Å². The first-order chi connectivity index (χ1) is 8.09. The SMILES string of the molecule is C=C(Cn1nc2n(c1=O)CCCCC2)C(=O)O. The van der Waals surface area contributed by atoms with Crippen LogP contribution in [0.1, 0.15) is 25.1 Å². The van der Waals surface area contributed by atoms with Crippen molar-refractivity contribution >= 4 is 5.97 Å². The van der Waals surface area contributed by atoms with Crippen molar-refractivity contribution in [1.29, 1.82) is 0 Å². The van der Waals surface area contributed by atoms with Crippen LogP contribution in [0.15, 0.2) is 16.9 Å². The minimum atomic E-state index is -1.10. The summed E-state index contributed by atoms with van der Waals surface area (Å²) in [4.78, 5) is 22.6. The second-order valence-electron chi connectivity index (χ2n) is 4.23. The summed E-state index contributed by atoms with van der Waals surface area (Å²) in [5, 5.41) is 12.9. The fourth-order valence-corrected chi connectivity index (χ4v) is 1.98. The molecule has 0 radical (unpaired) electrons. The Kier molecular flexibility index (Phi) is 3.12. The minimum Gasteiger partial charge on any atom is -0.478 e. The van der Waals surface area contributed by atoms with E-state index < -0.39 is 5.97 Å². The van der Waals surface area contributed by atoms with Gasteiger partial charge in [-0.3, -0.25) is 4.57 Å². The summed E-state index contributed by atoms with van der Waals surface area (Å²) in [6.45, 7) is 4.03. The van der Waals surface area contributed by atoms with Crippen molar-refractivity contribution in [2.75, 3.05) is 0 Å². The van der Waals surface area contributed by atoms with Crippen LogP contribution in [0, 0.1) is 0 Å². The Bertz CT molecular complexity index is 513. The maximum atomic E-state index is 12.0. The van der Waals surface area contributed by atoms with Gasteiger partial charge >= 0.3 is 11.7 Å². The first-order valence-electron chi connectivity index (χ1n) is 5.67. The zero-order valence-electron chi connectivity index (χ0n) is 9.56. The molecule has 17 heavy (non-hydrogen) atoms. The lowest BCUT2D eigenvalue weighted by Crippen LogP contribution is -2.26. The predicted octanol–water partition coefficient (Wildman–Crippen LogP) is 0.412. The third-order valence-corrected chi connectivity index (χ3v) is 2.92. The van der Waals surface area contributed by atoms with Crippen molar-refractivity contribution < 1.29 is 9.90 Å². The van der Waals surface area contributed by atoms with E-state index in [0.717, 1.165) is 31.5 Å². The molecule has 0 atom stereocenters. The average Bonchev–Trinajstić information content (AvgIpc) is 2.49.